The number of alkyl carbamates (subject to hydrolysis) is 1. The molecule has 8 N–H and O–H groups in total. The van der Waals surface area contributed by atoms with Gasteiger partial charge in [-0.2, -0.15) is 0 Å². The van der Waals surface area contributed by atoms with Crippen molar-refractivity contribution in [3.63, 3.8) is 0 Å². The van der Waals surface area contributed by atoms with Crippen LogP contribution < -0.4 is 37.2 Å². The monoisotopic (exact) mass is 1220 g/mol. The van der Waals surface area contributed by atoms with Crippen LogP contribution in [0.15, 0.2) is 42.0 Å². The van der Waals surface area contributed by atoms with Crippen molar-refractivity contribution in [2.24, 2.45) is 46.3 Å². The summed E-state index contributed by atoms with van der Waals surface area (Å²) in [6, 6.07) is 6.88. The topological polar surface area (TPSA) is 294 Å². The first-order valence-electron chi connectivity index (χ1n) is 31.9. The molecule has 3 fully saturated rings. The molecule has 2 saturated heterocycles. The summed E-state index contributed by atoms with van der Waals surface area (Å²) in [4.78, 5) is 108. The van der Waals surface area contributed by atoms with Gasteiger partial charge in [-0.3, -0.25) is 33.6 Å². The number of ether oxygens (including phenoxy) is 5. The number of aliphatic hydroxyl groups is 1. The zero-order chi connectivity index (χ0) is 64.9. The molecule has 1 aromatic carbocycles. The summed E-state index contributed by atoms with van der Waals surface area (Å²) >= 11 is 0. The molecule has 6 unspecified atom stereocenters. The average molecular weight is 1220 g/mol. The fourth-order valence-electron chi connectivity index (χ4n) is 12.2. The first kappa shape index (κ1) is 73.8. The minimum Gasteiger partial charge on any atom is -0.460 e. The highest BCUT2D eigenvalue weighted by atomic mass is 16.6. The standard InChI is InChI=1S/C66H109N7O14/c1-41(2)25-26-52-65(14,87-52)57-56(83-15)51(27-28-66(57)40-85-66)86-55(77)33-48(44(7)8)38-84-62(82)68-30-22-17-16-21-29-67-53(75)36-69-58(78)49(31-42(3)4)73-59(79)50(32-47-23-19-18-20-24-47)72-54(76)37-71-61(81)64(13,45(9)10)39-63(12,34-43(5)6)60(80)70-35-46(11)74/h18-20,23-25,42-46,48-52,56-57,74H,16-17,21-22,26-40H2,1-15H3,(H,67,75)(H,68,82)(H,69,78)(H,70,80)(H,71,81)(H,72,76)(H,73,79)/t46?,48-,49-,50-,51?,52+,56?,57?,63?,64?,65-,66-/m0/s1. The highest BCUT2D eigenvalue weighted by Crippen LogP contribution is 2.59. The van der Waals surface area contributed by atoms with Crippen molar-refractivity contribution < 1.29 is 67.1 Å². The SMILES string of the molecule is COC1C(OC(=O)C[C@@H](COC(=O)NCCCCCCNC(=O)CNC(=O)[C@H](CC(C)C)NC(=O)[C@H](Cc2ccccc2)NC(=O)CNC(=O)C(C)(CC(C)(CC(C)C)C(=O)NCC(C)O)C(C)C)C(C)C)CC[C@]2(CO2)C1[C@@]1(C)O[C@@H]1CC=C(C)C. The fourth-order valence-corrected chi connectivity index (χ4v) is 12.2. The van der Waals surface area contributed by atoms with Crippen LogP contribution in [0.1, 0.15) is 173 Å². The van der Waals surface area contributed by atoms with E-state index in [0.717, 1.165) is 31.2 Å². The molecule has 1 aliphatic carbocycles. The summed E-state index contributed by atoms with van der Waals surface area (Å²) in [7, 11) is 1.65. The minimum atomic E-state index is -1.14. The fraction of sp³-hybridized carbons (Fsp3) is 0.758. The Morgan fingerprint density at radius 2 is 1.43 bits per heavy atom. The summed E-state index contributed by atoms with van der Waals surface area (Å²) in [5, 5.41) is 29.3. The van der Waals surface area contributed by atoms with E-state index in [-0.39, 0.29) is 111 Å². The number of amides is 7. The van der Waals surface area contributed by atoms with Crippen LogP contribution in [0.4, 0.5) is 4.79 Å². The highest BCUT2D eigenvalue weighted by molar-refractivity contribution is 5.95. The van der Waals surface area contributed by atoms with E-state index in [1.165, 1.54) is 5.57 Å². The van der Waals surface area contributed by atoms with Crippen LogP contribution in [0.25, 0.3) is 0 Å². The van der Waals surface area contributed by atoms with E-state index < -0.39 is 82.9 Å². The van der Waals surface area contributed by atoms with Gasteiger partial charge in [0, 0.05) is 49.9 Å². The van der Waals surface area contributed by atoms with Crippen LogP contribution in [0.5, 0.6) is 0 Å². The number of unbranched alkanes of at least 4 members (excludes halogenated alkanes) is 3. The number of rotatable bonds is 38. The lowest BCUT2D eigenvalue weighted by Gasteiger charge is -2.42. The third kappa shape index (κ3) is 23.4. The Kier molecular flexibility index (Phi) is 29.2. The number of allylic oxidation sites excluding steroid dienone is 1. The van der Waals surface area contributed by atoms with E-state index in [1.807, 2.05) is 80.5 Å². The molecular formula is C66H109N7O14. The number of esters is 1. The third-order valence-corrected chi connectivity index (χ3v) is 17.6. The maximum Gasteiger partial charge on any atom is 0.407 e. The number of carbonyl (C=O) groups is 8. The summed E-state index contributed by atoms with van der Waals surface area (Å²) in [5.41, 5.74) is -0.856. The first-order chi connectivity index (χ1) is 40.9. The summed E-state index contributed by atoms with van der Waals surface area (Å²) in [5.74, 6) is -3.75. The Hall–Kier alpha value is -5.64. The Morgan fingerprint density at radius 1 is 0.782 bits per heavy atom. The maximum absolute atomic E-state index is 14.1. The number of methoxy groups -OCH3 is 1. The zero-order valence-corrected chi connectivity index (χ0v) is 55.1. The van der Waals surface area contributed by atoms with E-state index in [9.17, 15) is 43.5 Å². The molecule has 3 aliphatic rings. The number of hydrogen-bond donors (Lipinski definition) is 8. The van der Waals surface area contributed by atoms with E-state index in [0.29, 0.717) is 45.4 Å². The van der Waals surface area contributed by atoms with E-state index in [4.69, 9.17) is 23.7 Å². The van der Waals surface area contributed by atoms with Crippen LogP contribution in [-0.2, 0) is 63.7 Å². The van der Waals surface area contributed by atoms with Gasteiger partial charge in [0.2, 0.25) is 35.4 Å². The molecule has 492 valence electrons. The molecule has 2 aliphatic heterocycles. The Bertz CT molecular complexity index is 2450. The molecule has 2 heterocycles. The average Bonchev–Trinajstić information content (AvgIpc) is 1.54. The molecule has 7 amide bonds. The van der Waals surface area contributed by atoms with Gasteiger partial charge in [0.1, 0.15) is 35.5 Å². The van der Waals surface area contributed by atoms with Gasteiger partial charge in [0.05, 0.1) is 50.8 Å². The normalized spacial score (nSPS) is 23.2. The predicted molar refractivity (Wildman–Crippen MR) is 332 cm³/mol. The van der Waals surface area contributed by atoms with Gasteiger partial charge >= 0.3 is 12.1 Å². The summed E-state index contributed by atoms with van der Waals surface area (Å²) in [6.45, 7) is 27.7. The van der Waals surface area contributed by atoms with Gasteiger partial charge < -0.3 is 66.0 Å². The number of epoxide rings is 2. The van der Waals surface area contributed by atoms with Gasteiger partial charge in [-0.1, -0.05) is 124 Å². The second kappa shape index (κ2) is 34.4. The van der Waals surface area contributed by atoms with Crippen LogP contribution in [0.3, 0.4) is 0 Å². The second-order valence-electron chi connectivity index (χ2n) is 27.3. The quantitative estimate of drug-likeness (QED) is 0.0147. The Balaban J connectivity index is 1.18. The predicted octanol–water partition coefficient (Wildman–Crippen LogP) is 6.76. The molecule has 0 bridgehead atoms. The van der Waals surface area contributed by atoms with Gasteiger partial charge in [-0.25, -0.2) is 4.79 Å². The number of carbonyl (C=O) groups excluding carboxylic acids is 8. The van der Waals surface area contributed by atoms with Gasteiger partial charge in [0.15, 0.2) is 0 Å². The molecular weight excluding hydrogens is 1110 g/mol. The van der Waals surface area contributed by atoms with Crippen molar-refractivity contribution in [1.82, 2.24) is 37.2 Å². The molecule has 4 rings (SSSR count). The molecule has 12 atom stereocenters. The largest absolute Gasteiger partial charge is 0.460 e. The van der Waals surface area contributed by atoms with Crippen LogP contribution in [-0.4, -0.2) is 153 Å². The Labute approximate surface area is 518 Å². The number of benzene rings is 1. The molecule has 1 spiro atoms. The second-order valence-corrected chi connectivity index (χ2v) is 27.3. The smallest absolute Gasteiger partial charge is 0.407 e. The van der Waals surface area contributed by atoms with Crippen molar-refractivity contribution in [3.05, 3.63) is 47.5 Å². The van der Waals surface area contributed by atoms with Crippen LogP contribution in [0, 0.1) is 46.3 Å². The van der Waals surface area contributed by atoms with Crippen LogP contribution >= 0.6 is 0 Å². The van der Waals surface area contributed by atoms with Crippen molar-refractivity contribution in [1.29, 1.82) is 0 Å². The molecule has 1 saturated carbocycles. The minimum absolute atomic E-state index is 0.0362. The zero-order valence-electron chi connectivity index (χ0n) is 55.1. The van der Waals surface area contributed by atoms with Crippen molar-refractivity contribution >= 4 is 47.5 Å². The van der Waals surface area contributed by atoms with Gasteiger partial charge in [0.25, 0.3) is 0 Å². The summed E-state index contributed by atoms with van der Waals surface area (Å²) in [6.07, 6.45) is 6.17. The van der Waals surface area contributed by atoms with Crippen LogP contribution in [0.2, 0.25) is 0 Å². The van der Waals surface area contributed by atoms with Crippen molar-refractivity contribution in [2.45, 2.75) is 222 Å². The van der Waals surface area contributed by atoms with E-state index >= 15 is 0 Å². The summed E-state index contributed by atoms with van der Waals surface area (Å²) < 4.78 is 30.1. The number of hydrogen-bond acceptors (Lipinski definition) is 14. The molecule has 21 nitrogen and oxygen atoms in total. The van der Waals surface area contributed by atoms with Crippen molar-refractivity contribution in [2.75, 3.05) is 53.0 Å². The molecule has 0 radical (unpaired) electrons. The number of nitrogens with one attached hydrogen (secondary N) is 7. The molecule has 0 aromatic heterocycles. The van der Waals surface area contributed by atoms with Crippen molar-refractivity contribution in [3.8, 4) is 0 Å². The lowest BCUT2D eigenvalue weighted by atomic mass is 9.64. The lowest BCUT2D eigenvalue weighted by Crippen LogP contribution is -2.56. The number of aliphatic hydroxyl groups excluding tert-OH is 1. The maximum atomic E-state index is 14.1. The third-order valence-electron chi connectivity index (χ3n) is 17.6. The molecule has 21 heteroatoms. The lowest BCUT2D eigenvalue weighted by molar-refractivity contribution is -0.173. The van der Waals surface area contributed by atoms with Gasteiger partial charge in [-0.15, -0.1) is 0 Å². The van der Waals surface area contributed by atoms with E-state index in [2.05, 4.69) is 64.1 Å². The first-order valence-corrected chi connectivity index (χ1v) is 31.9. The van der Waals surface area contributed by atoms with Gasteiger partial charge in [-0.05, 0) is 108 Å². The highest BCUT2D eigenvalue weighted by Gasteiger charge is 2.72. The Morgan fingerprint density at radius 3 is 2.00 bits per heavy atom. The molecule has 87 heavy (non-hydrogen) atoms. The van der Waals surface area contributed by atoms with E-state index in [1.54, 1.807) is 33.1 Å². The molecule has 1 aromatic rings.